The van der Waals surface area contributed by atoms with Gasteiger partial charge in [0.05, 0.1) is 6.61 Å². The van der Waals surface area contributed by atoms with Crippen molar-refractivity contribution in [3.8, 4) is 0 Å². The van der Waals surface area contributed by atoms with E-state index < -0.39 is 0 Å². The van der Waals surface area contributed by atoms with Crippen LogP contribution in [0.3, 0.4) is 0 Å². The minimum atomic E-state index is 0.225. The lowest BCUT2D eigenvalue weighted by Gasteiger charge is -2.23. The molecular weight excluding hydrogens is 266 g/mol. The molecule has 108 valence electrons. The van der Waals surface area contributed by atoms with Crippen molar-refractivity contribution >= 4 is 23.5 Å². The molecule has 0 radical (unpaired) electrons. The topological polar surface area (TPSA) is 54.4 Å². The van der Waals surface area contributed by atoms with Crippen molar-refractivity contribution in [3.05, 3.63) is 5.28 Å². The highest BCUT2D eigenvalue weighted by molar-refractivity contribution is 6.28. The van der Waals surface area contributed by atoms with Crippen LogP contribution in [0, 0.1) is 0 Å². The smallest absolute Gasteiger partial charge is 0.231 e. The molecule has 7 heteroatoms. The first kappa shape index (κ1) is 15.9. The third-order valence-corrected chi connectivity index (χ3v) is 3.03. The average Bonchev–Trinajstić information content (AvgIpc) is 2.40. The van der Waals surface area contributed by atoms with Crippen molar-refractivity contribution < 1.29 is 4.74 Å². The Morgan fingerprint density at radius 2 is 1.47 bits per heavy atom. The quantitative estimate of drug-likeness (QED) is 0.727. The van der Waals surface area contributed by atoms with Crippen molar-refractivity contribution in [1.82, 2.24) is 15.0 Å². The molecule has 0 saturated carbocycles. The second kappa shape index (κ2) is 8.12. The van der Waals surface area contributed by atoms with E-state index in [2.05, 4.69) is 28.8 Å². The van der Waals surface area contributed by atoms with Crippen LogP contribution in [0.4, 0.5) is 11.9 Å². The Balaban J connectivity index is 2.99. The van der Waals surface area contributed by atoms with Gasteiger partial charge < -0.3 is 14.5 Å². The van der Waals surface area contributed by atoms with Crippen LogP contribution in [0.2, 0.25) is 5.28 Å². The number of ether oxygens (including phenoxy) is 1. The number of nitrogens with zero attached hydrogens (tertiary/aromatic N) is 5. The zero-order chi connectivity index (χ0) is 14.3. The lowest BCUT2D eigenvalue weighted by molar-refractivity contribution is 0.205. The molecule has 1 rings (SSSR count). The molecule has 0 saturated heterocycles. The maximum atomic E-state index is 6.00. The molecule has 1 aromatic heterocycles. The number of aromatic nitrogens is 3. The standard InChI is InChI=1S/C12H22ClN5O/c1-5-17(6-2)11-14-10(13)15-12(16-11)18(7-3)8-9-19-4/h5-9H2,1-4H3. The van der Waals surface area contributed by atoms with Crippen molar-refractivity contribution in [3.63, 3.8) is 0 Å². The molecule has 0 amide bonds. The van der Waals surface area contributed by atoms with Crippen LogP contribution in [0.5, 0.6) is 0 Å². The summed E-state index contributed by atoms with van der Waals surface area (Å²) >= 11 is 6.00. The van der Waals surface area contributed by atoms with E-state index in [1.807, 2.05) is 16.7 Å². The summed E-state index contributed by atoms with van der Waals surface area (Å²) < 4.78 is 5.09. The van der Waals surface area contributed by atoms with Crippen LogP contribution < -0.4 is 9.80 Å². The molecule has 19 heavy (non-hydrogen) atoms. The average molecular weight is 288 g/mol. The van der Waals surface area contributed by atoms with Crippen LogP contribution >= 0.6 is 11.6 Å². The normalized spacial score (nSPS) is 10.6. The summed E-state index contributed by atoms with van der Waals surface area (Å²) in [7, 11) is 1.68. The number of likely N-dealkylation sites (N-methyl/N-ethyl adjacent to an activating group) is 1. The summed E-state index contributed by atoms with van der Waals surface area (Å²) in [6.07, 6.45) is 0. The molecule has 0 aliphatic heterocycles. The Labute approximate surface area is 119 Å². The third-order valence-electron chi connectivity index (χ3n) is 2.86. The first-order valence-corrected chi connectivity index (χ1v) is 6.94. The predicted octanol–water partition coefficient (Wildman–Crippen LogP) is 1.84. The zero-order valence-electron chi connectivity index (χ0n) is 12.1. The molecule has 1 heterocycles. The van der Waals surface area contributed by atoms with E-state index in [9.17, 15) is 0 Å². The largest absolute Gasteiger partial charge is 0.383 e. The molecule has 0 bridgehead atoms. The number of halogens is 1. The molecule has 0 aliphatic rings. The highest BCUT2D eigenvalue weighted by Gasteiger charge is 2.14. The van der Waals surface area contributed by atoms with Crippen LogP contribution in [0.1, 0.15) is 20.8 Å². The molecule has 0 aromatic carbocycles. The Bertz CT molecular complexity index is 386. The van der Waals surface area contributed by atoms with Gasteiger partial charge in [0, 0.05) is 33.3 Å². The van der Waals surface area contributed by atoms with E-state index in [-0.39, 0.29) is 5.28 Å². The van der Waals surface area contributed by atoms with Gasteiger partial charge in [-0.05, 0) is 32.4 Å². The Morgan fingerprint density at radius 3 is 1.95 bits per heavy atom. The van der Waals surface area contributed by atoms with Gasteiger partial charge in [-0.3, -0.25) is 0 Å². The van der Waals surface area contributed by atoms with Crippen LogP contribution in [0.25, 0.3) is 0 Å². The molecule has 0 spiro atoms. The lowest BCUT2D eigenvalue weighted by atomic mass is 10.5. The maximum absolute atomic E-state index is 6.00. The van der Waals surface area contributed by atoms with Crippen molar-refractivity contribution in [2.75, 3.05) is 49.7 Å². The monoisotopic (exact) mass is 287 g/mol. The number of hydrogen-bond donors (Lipinski definition) is 0. The Kier molecular flexibility index (Phi) is 6.80. The summed E-state index contributed by atoms with van der Waals surface area (Å²) in [5.74, 6) is 1.22. The van der Waals surface area contributed by atoms with Crippen LogP contribution in [0.15, 0.2) is 0 Å². The summed E-state index contributed by atoms with van der Waals surface area (Å²) in [5, 5.41) is 0.225. The fourth-order valence-corrected chi connectivity index (χ4v) is 1.87. The molecular formula is C12H22ClN5O. The molecule has 6 nitrogen and oxygen atoms in total. The first-order chi connectivity index (χ1) is 9.15. The van der Waals surface area contributed by atoms with Gasteiger partial charge in [-0.2, -0.15) is 15.0 Å². The second-order valence-electron chi connectivity index (χ2n) is 3.95. The van der Waals surface area contributed by atoms with E-state index in [1.54, 1.807) is 7.11 Å². The van der Waals surface area contributed by atoms with Gasteiger partial charge in [-0.25, -0.2) is 0 Å². The Morgan fingerprint density at radius 1 is 0.947 bits per heavy atom. The van der Waals surface area contributed by atoms with Crippen molar-refractivity contribution in [2.45, 2.75) is 20.8 Å². The number of hydrogen-bond acceptors (Lipinski definition) is 6. The molecule has 0 atom stereocenters. The highest BCUT2D eigenvalue weighted by atomic mass is 35.5. The fourth-order valence-electron chi connectivity index (χ4n) is 1.72. The lowest BCUT2D eigenvalue weighted by Crippen LogP contribution is -2.31. The van der Waals surface area contributed by atoms with Gasteiger partial charge in [0.1, 0.15) is 0 Å². The summed E-state index contributed by atoms with van der Waals surface area (Å²) in [4.78, 5) is 16.9. The van der Waals surface area contributed by atoms with E-state index in [1.165, 1.54) is 0 Å². The molecule has 0 aliphatic carbocycles. The molecule has 0 unspecified atom stereocenters. The predicted molar refractivity (Wildman–Crippen MR) is 78.2 cm³/mol. The van der Waals surface area contributed by atoms with E-state index >= 15 is 0 Å². The third kappa shape index (κ3) is 4.47. The van der Waals surface area contributed by atoms with E-state index in [4.69, 9.17) is 16.3 Å². The zero-order valence-corrected chi connectivity index (χ0v) is 12.8. The van der Waals surface area contributed by atoms with Gasteiger partial charge in [0.15, 0.2) is 0 Å². The Hall–Kier alpha value is -1.14. The van der Waals surface area contributed by atoms with E-state index in [0.29, 0.717) is 18.5 Å². The maximum Gasteiger partial charge on any atom is 0.231 e. The number of anilines is 2. The number of rotatable bonds is 8. The van der Waals surface area contributed by atoms with Crippen molar-refractivity contribution in [2.24, 2.45) is 0 Å². The minimum Gasteiger partial charge on any atom is -0.383 e. The van der Waals surface area contributed by atoms with Crippen molar-refractivity contribution in [1.29, 1.82) is 0 Å². The summed E-state index contributed by atoms with van der Waals surface area (Å²) in [5.41, 5.74) is 0. The summed E-state index contributed by atoms with van der Waals surface area (Å²) in [6.45, 7) is 9.97. The van der Waals surface area contributed by atoms with Gasteiger partial charge in [0.2, 0.25) is 17.2 Å². The van der Waals surface area contributed by atoms with Crippen LogP contribution in [-0.4, -0.2) is 54.8 Å². The fraction of sp³-hybridized carbons (Fsp3) is 0.750. The number of methoxy groups -OCH3 is 1. The molecule has 0 fully saturated rings. The molecule has 1 aromatic rings. The SMILES string of the molecule is CCN(CC)c1nc(Cl)nc(N(CC)CCOC)n1. The van der Waals surface area contributed by atoms with Gasteiger partial charge in [-0.15, -0.1) is 0 Å². The highest BCUT2D eigenvalue weighted by Crippen LogP contribution is 2.16. The van der Waals surface area contributed by atoms with Crippen LogP contribution in [-0.2, 0) is 4.74 Å². The summed E-state index contributed by atoms with van der Waals surface area (Å²) in [6, 6.07) is 0. The van der Waals surface area contributed by atoms with E-state index in [0.717, 1.165) is 26.2 Å². The van der Waals surface area contributed by atoms with Gasteiger partial charge >= 0.3 is 0 Å². The van der Waals surface area contributed by atoms with Gasteiger partial charge in [0.25, 0.3) is 0 Å². The molecule has 0 N–H and O–H groups in total. The first-order valence-electron chi connectivity index (χ1n) is 6.56. The van der Waals surface area contributed by atoms with Gasteiger partial charge in [-0.1, -0.05) is 0 Å². The second-order valence-corrected chi connectivity index (χ2v) is 4.29. The minimum absolute atomic E-state index is 0.225.